The number of likely N-dealkylation sites (tertiary alicyclic amines) is 1. The Morgan fingerprint density at radius 1 is 1.38 bits per heavy atom. The molecule has 1 fully saturated rings. The maximum Gasteiger partial charge on any atom is 0.407 e. The third kappa shape index (κ3) is 2.06. The second-order valence-electron chi connectivity index (χ2n) is 5.89. The lowest BCUT2D eigenvalue weighted by Gasteiger charge is -2.37. The van der Waals surface area contributed by atoms with Crippen LogP contribution in [0, 0.1) is 0 Å². The third-order valence-electron chi connectivity index (χ3n) is 4.83. The van der Waals surface area contributed by atoms with E-state index in [1.54, 1.807) is 4.90 Å². The highest BCUT2D eigenvalue weighted by Crippen LogP contribution is 2.52. The molecule has 21 heavy (non-hydrogen) atoms. The van der Waals surface area contributed by atoms with E-state index in [0.29, 0.717) is 25.0 Å². The average Bonchev–Trinajstić information content (AvgIpc) is 2.65. The van der Waals surface area contributed by atoms with E-state index < -0.39 is 6.09 Å². The van der Waals surface area contributed by atoms with Gasteiger partial charge in [-0.05, 0) is 36.3 Å². The molecule has 0 aromatic heterocycles. The van der Waals surface area contributed by atoms with Crippen LogP contribution in [0.25, 0.3) is 0 Å². The molecule has 1 N–H and O–H groups in total. The van der Waals surface area contributed by atoms with Crippen LogP contribution in [0.1, 0.15) is 24.3 Å². The van der Waals surface area contributed by atoms with Crippen molar-refractivity contribution in [2.45, 2.75) is 29.7 Å². The number of nitrogens with zero attached hydrogens (tertiary/aromatic N) is 2. The number of hydrogen-bond donors (Lipinski definition) is 1. The largest absolute Gasteiger partial charge is 0.465 e. The summed E-state index contributed by atoms with van der Waals surface area (Å²) in [7, 11) is 0. The number of rotatable bonds is 0. The summed E-state index contributed by atoms with van der Waals surface area (Å²) in [6.07, 6.45) is 1.34. The summed E-state index contributed by atoms with van der Waals surface area (Å²) in [6.45, 7) is 2.37. The molecule has 6 heteroatoms. The highest BCUT2D eigenvalue weighted by atomic mass is 79.9. The molecule has 0 bridgehead atoms. The van der Waals surface area contributed by atoms with E-state index in [0.717, 1.165) is 17.4 Å². The van der Waals surface area contributed by atoms with Crippen molar-refractivity contribution in [1.82, 2.24) is 4.90 Å². The number of hydrogen-bond acceptors (Lipinski definition) is 3. The number of amides is 1. The van der Waals surface area contributed by atoms with Crippen LogP contribution in [0.15, 0.2) is 21.5 Å². The van der Waals surface area contributed by atoms with Crippen LogP contribution in [-0.4, -0.2) is 47.5 Å². The molecule has 4 rings (SSSR count). The predicted molar refractivity (Wildman–Crippen MR) is 87.6 cm³/mol. The SMILES string of the molecule is O=C(O)N1CCC2C(C1)c1c(Br)ccc3c1N2CCCS3. The molecule has 3 aliphatic heterocycles. The predicted octanol–water partition coefficient (Wildman–Crippen LogP) is 3.60. The maximum atomic E-state index is 11.3. The Kier molecular flexibility index (Phi) is 3.34. The van der Waals surface area contributed by atoms with E-state index in [1.807, 2.05) is 11.8 Å². The van der Waals surface area contributed by atoms with Gasteiger partial charge in [-0.25, -0.2) is 4.79 Å². The van der Waals surface area contributed by atoms with Gasteiger partial charge in [0.1, 0.15) is 0 Å². The van der Waals surface area contributed by atoms with Gasteiger partial charge in [-0.15, -0.1) is 11.8 Å². The summed E-state index contributed by atoms with van der Waals surface area (Å²) in [6, 6.07) is 4.80. The van der Waals surface area contributed by atoms with Crippen molar-refractivity contribution in [2.24, 2.45) is 0 Å². The molecule has 3 aliphatic rings. The molecule has 4 nitrogen and oxygen atoms in total. The van der Waals surface area contributed by atoms with Crippen LogP contribution in [0.5, 0.6) is 0 Å². The molecule has 2 atom stereocenters. The lowest BCUT2D eigenvalue weighted by molar-refractivity contribution is 0.127. The van der Waals surface area contributed by atoms with E-state index in [9.17, 15) is 9.90 Å². The molecule has 1 saturated heterocycles. The molecule has 0 saturated carbocycles. The first kappa shape index (κ1) is 13.8. The second-order valence-corrected chi connectivity index (χ2v) is 7.89. The van der Waals surface area contributed by atoms with Gasteiger partial charge < -0.3 is 14.9 Å². The van der Waals surface area contributed by atoms with Crippen LogP contribution < -0.4 is 4.90 Å². The number of anilines is 1. The average molecular weight is 369 g/mol. The Balaban J connectivity index is 1.81. The van der Waals surface area contributed by atoms with Gasteiger partial charge in [0.25, 0.3) is 0 Å². The van der Waals surface area contributed by atoms with Crippen LogP contribution in [0.3, 0.4) is 0 Å². The van der Waals surface area contributed by atoms with E-state index in [2.05, 4.69) is 33.0 Å². The molecule has 0 radical (unpaired) electrons. The first-order valence-electron chi connectivity index (χ1n) is 7.36. The summed E-state index contributed by atoms with van der Waals surface area (Å²) >= 11 is 5.64. The summed E-state index contributed by atoms with van der Waals surface area (Å²) in [5, 5.41) is 9.31. The zero-order valence-electron chi connectivity index (χ0n) is 11.6. The van der Waals surface area contributed by atoms with Crippen molar-refractivity contribution in [3.8, 4) is 0 Å². The topological polar surface area (TPSA) is 43.8 Å². The molecule has 0 spiro atoms. The van der Waals surface area contributed by atoms with Crippen molar-refractivity contribution in [1.29, 1.82) is 0 Å². The number of halogens is 1. The number of fused-ring (bicyclic) bond motifs is 3. The fraction of sp³-hybridized carbons (Fsp3) is 0.533. The smallest absolute Gasteiger partial charge is 0.407 e. The highest BCUT2D eigenvalue weighted by Gasteiger charge is 2.45. The Morgan fingerprint density at radius 3 is 3.05 bits per heavy atom. The number of piperidine rings is 1. The second kappa shape index (κ2) is 5.09. The van der Waals surface area contributed by atoms with Crippen molar-refractivity contribution in [2.75, 3.05) is 30.3 Å². The van der Waals surface area contributed by atoms with Crippen molar-refractivity contribution >= 4 is 39.5 Å². The van der Waals surface area contributed by atoms with E-state index in [-0.39, 0.29) is 0 Å². The fourth-order valence-corrected chi connectivity index (χ4v) is 5.59. The van der Waals surface area contributed by atoms with E-state index in [1.165, 1.54) is 28.3 Å². The summed E-state index contributed by atoms with van der Waals surface area (Å²) < 4.78 is 1.13. The van der Waals surface area contributed by atoms with Crippen molar-refractivity contribution in [3.05, 3.63) is 22.2 Å². The summed E-state index contributed by atoms with van der Waals surface area (Å²) in [5.41, 5.74) is 2.70. The number of thioether (sulfide) groups is 1. The molecule has 112 valence electrons. The van der Waals surface area contributed by atoms with Gasteiger partial charge in [0.05, 0.1) is 5.69 Å². The molecule has 1 aromatic carbocycles. The van der Waals surface area contributed by atoms with Crippen LogP contribution in [0.4, 0.5) is 10.5 Å². The standard InChI is InChI=1S/C15H17BrN2O2S/c16-10-2-3-12-14-13(10)9-8-17(15(19)20)6-4-11(9)18(14)5-1-7-21-12/h2-3,9,11H,1,4-8H2,(H,19,20). The van der Waals surface area contributed by atoms with E-state index in [4.69, 9.17) is 0 Å². The minimum Gasteiger partial charge on any atom is -0.465 e. The van der Waals surface area contributed by atoms with Gasteiger partial charge in [0, 0.05) is 41.0 Å². The van der Waals surface area contributed by atoms with Gasteiger partial charge in [0.15, 0.2) is 0 Å². The molecule has 1 amide bonds. The Labute approximate surface area is 136 Å². The Morgan fingerprint density at radius 2 is 2.24 bits per heavy atom. The monoisotopic (exact) mass is 368 g/mol. The summed E-state index contributed by atoms with van der Waals surface area (Å²) in [4.78, 5) is 16.8. The van der Waals surface area contributed by atoms with Gasteiger partial charge in [0.2, 0.25) is 0 Å². The number of carboxylic acid groups (broad SMARTS) is 1. The van der Waals surface area contributed by atoms with Crippen LogP contribution in [-0.2, 0) is 0 Å². The molecule has 3 heterocycles. The van der Waals surface area contributed by atoms with Crippen LogP contribution in [0.2, 0.25) is 0 Å². The number of benzene rings is 1. The lowest BCUT2D eigenvalue weighted by Crippen LogP contribution is -2.48. The summed E-state index contributed by atoms with van der Waals surface area (Å²) in [5.74, 6) is 1.47. The van der Waals surface area contributed by atoms with Crippen molar-refractivity contribution < 1.29 is 9.90 Å². The first-order chi connectivity index (χ1) is 10.2. The van der Waals surface area contributed by atoms with Gasteiger partial charge in [-0.2, -0.15) is 0 Å². The van der Waals surface area contributed by atoms with Crippen molar-refractivity contribution in [3.63, 3.8) is 0 Å². The zero-order chi connectivity index (χ0) is 14.6. The van der Waals surface area contributed by atoms with Gasteiger partial charge >= 0.3 is 6.09 Å². The Hall–Kier alpha value is -0.880. The molecule has 2 unspecified atom stereocenters. The minimum atomic E-state index is -0.790. The van der Waals surface area contributed by atoms with Gasteiger partial charge in [-0.1, -0.05) is 15.9 Å². The zero-order valence-corrected chi connectivity index (χ0v) is 14.0. The number of carbonyl (C=O) groups is 1. The highest BCUT2D eigenvalue weighted by molar-refractivity contribution is 9.10. The third-order valence-corrected chi connectivity index (χ3v) is 6.66. The maximum absolute atomic E-state index is 11.3. The lowest BCUT2D eigenvalue weighted by atomic mass is 9.89. The Bertz CT molecular complexity index is 610. The molecular formula is C15H17BrN2O2S. The molecule has 0 aliphatic carbocycles. The fourth-order valence-electron chi connectivity index (χ4n) is 3.96. The normalized spacial score (nSPS) is 27.1. The minimum absolute atomic E-state index is 0.304. The molecule has 1 aromatic rings. The molecular weight excluding hydrogens is 352 g/mol. The first-order valence-corrected chi connectivity index (χ1v) is 9.14. The van der Waals surface area contributed by atoms with Crippen LogP contribution >= 0.6 is 27.7 Å². The van der Waals surface area contributed by atoms with Gasteiger partial charge in [-0.3, -0.25) is 0 Å². The quantitative estimate of drug-likeness (QED) is 0.759. The van der Waals surface area contributed by atoms with E-state index >= 15 is 0 Å².